The van der Waals surface area contributed by atoms with Crippen molar-refractivity contribution in [3.63, 3.8) is 0 Å². The van der Waals surface area contributed by atoms with Gasteiger partial charge in [0.2, 0.25) is 6.79 Å². The molecule has 0 N–H and O–H groups in total. The largest absolute Gasteiger partial charge is 0.454 e. The number of aromatic nitrogens is 1. The first kappa shape index (κ1) is 16.1. The SMILES string of the molecule is O=C(c1ccccc1)N(Cc1ccccn1)Cc1cccc2c1OCO2. The molecule has 3 aromatic rings. The summed E-state index contributed by atoms with van der Waals surface area (Å²) in [4.78, 5) is 19.2. The molecule has 0 aliphatic carbocycles. The van der Waals surface area contributed by atoms with Gasteiger partial charge in [-0.2, -0.15) is 0 Å². The monoisotopic (exact) mass is 346 g/mol. The van der Waals surface area contributed by atoms with E-state index in [4.69, 9.17) is 9.47 Å². The first-order valence-corrected chi connectivity index (χ1v) is 8.43. The van der Waals surface area contributed by atoms with Gasteiger partial charge in [-0.05, 0) is 30.3 Å². The minimum Gasteiger partial charge on any atom is -0.454 e. The zero-order valence-corrected chi connectivity index (χ0v) is 14.2. The van der Waals surface area contributed by atoms with E-state index in [0.717, 1.165) is 11.3 Å². The van der Waals surface area contributed by atoms with E-state index < -0.39 is 0 Å². The van der Waals surface area contributed by atoms with Crippen LogP contribution in [0.15, 0.2) is 72.9 Å². The Hall–Kier alpha value is -3.34. The number of ether oxygens (including phenoxy) is 2. The molecule has 0 fully saturated rings. The Balaban J connectivity index is 1.64. The lowest BCUT2D eigenvalue weighted by Gasteiger charge is -2.23. The molecule has 0 radical (unpaired) electrons. The number of hydrogen-bond donors (Lipinski definition) is 0. The molecule has 0 atom stereocenters. The van der Waals surface area contributed by atoms with E-state index in [2.05, 4.69) is 4.98 Å². The highest BCUT2D eigenvalue weighted by atomic mass is 16.7. The molecular formula is C21H18N2O3. The molecule has 0 spiro atoms. The lowest BCUT2D eigenvalue weighted by molar-refractivity contribution is 0.0726. The standard InChI is InChI=1S/C21H18N2O3/c24-21(16-7-2-1-3-8-16)23(14-18-10-4-5-12-22-18)13-17-9-6-11-19-20(17)26-15-25-19/h1-12H,13-15H2. The summed E-state index contributed by atoms with van der Waals surface area (Å²) in [6.45, 7) is 1.04. The summed E-state index contributed by atoms with van der Waals surface area (Å²) in [5.41, 5.74) is 2.40. The molecule has 0 saturated carbocycles. The van der Waals surface area contributed by atoms with Crippen LogP contribution in [0.1, 0.15) is 21.6 Å². The van der Waals surface area contributed by atoms with Crippen molar-refractivity contribution >= 4 is 5.91 Å². The number of carbonyl (C=O) groups is 1. The second kappa shape index (κ2) is 7.27. The van der Waals surface area contributed by atoms with E-state index in [9.17, 15) is 4.79 Å². The lowest BCUT2D eigenvalue weighted by atomic mass is 10.1. The van der Waals surface area contributed by atoms with Crippen molar-refractivity contribution in [2.24, 2.45) is 0 Å². The molecule has 1 amide bonds. The van der Waals surface area contributed by atoms with Crippen LogP contribution in [0, 0.1) is 0 Å². The molecule has 0 unspecified atom stereocenters. The third kappa shape index (κ3) is 3.37. The maximum atomic E-state index is 13.1. The van der Waals surface area contributed by atoms with Gasteiger partial charge in [0.1, 0.15) is 0 Å². The summed E-state index contributed by atoms with van der Waals surface area (Å²) in [5, 5.41) is 0. The highest BCUT2D eigenvalue weighted by Crippen LogP contribution is 2.36. The number of nitrogens with zero attached hydrogens (tertiary/aromatic N) is 2. The maximum Gasteiger partial charge on any atom is 0.254 e. The molecule has 5 nitrogen and oxygen atoms in total. The van der Waals surface area contributed by atoms with Gasteiger partial charge in [-0.3, -0.25) is 9.78 Å². The van der Waals surface area contributed by atoms with Crippen molar-refractivity contribution in [2.45, 2.75) is 13.1 Å². The second-order valence-corrected chi connectivity index (χ2v) is 6.00. The van der Waals surface area contributed by atoms with E-state index in [1.807, 2.05) is 66.7 Å². The molecule has 2 heterocycles. The number of rotatable bonds is 5. The van der Waals surface area contributed by atoms with Gasteiger partial charge < -0.3 is 14.4 Å². The van der Waals surface area contributed by atoms with E-state index in [0.29, 0.717) is 30.2 Å². The zero-order chi connectivity index (χ0) is 17.8. The number of carbonyl (C=O) groups excluding carboxylic acids is 1. The van der Waals surface area contributed by atoms with Crippen LogP contribution in [0.25, 0.3) is 0 Å². The van der Waals surface area contributed by atoms with Crippen LogP contribution in [0.5, 0.6) is 11.5 Å². The fourth-order valence-electron chi connectivity index (χ4n) is 2.97. The molecule has 2 aromatic carbocycles. The topological polar surface area (TPSA) is 51.7 Å². The van der Waals surface area contributed by atoms with Gasteiger partial charge >= 0.3 is 0 Å². The van der Waals surface area contributed by atoms with E-state index in [-0.39, 0.29) is 12.7 Å². The number of hydrogen-bond acceptors (Lipinski definition) is 4. The smallest absolute Gasteiger partial charge is 0.254 e. The zero-order valence-electron chi connectivity index (χ0n) is 14.2. The Kier molecular flexibility index (Phi) is 4.51. The Morgan fingerprint density at radius 1 is 0.923 bits per heavy atom. The summed E-state index contributed by atoms with van der Waals surface area (Å²) >= 11 is 0. The average Bonchev–Trinajstić information content (AvgIpc) is 3.18. The van der Waals surface area contributed by atoms with Crippen LogP contribution in [0.2, 0.25) is 0 Å². The van der Waals surface area contributed by atoms with E-state index in [1.54, 1.807) is 11.1 Å². The Morgan fingerprint density at radius 3 is 2.58 bits per heavy atom. The molecule has 5 heteroatoms. The molecule has 0 bridgehead atoms. The molecule has 1 aromatic heterocycles. The van der Waals surface area contributed by atoms with Gasteiger partial charge in [0, 0.05) is 17.3 Å². The summed E-state index contributed by atoms with van der Waals surface area (Å²) < 4.78 is 11.0. The summed E-state index contributed by atoms with van der Waals surface area (Å²) in [6, 6.07) is 20.7. The Morgan fingerprint density at radius 2 is 1.77 bits per heavy atom. The van der Waals surface area contributed by atoms with E-state index in [1.165, 1.54) is 0 Å². The normalized spacial score (nSPS) is 12.0. The fraction of sp³-hybridized carbons (Fsp3) is 0.143. The molecule has 4 rings (SSSR count). The van der Waals surface area contributed by atoms with Crippen LogP contribution in [-0.4, -0.2) is 22.6 Å². The second-order valence-electron chi connectivity index (χ2n) is 6.00. The predicted molar refractivity (Wildman–Crippen MR) is 96.8 cm³/mol. The lowest BCUT2D eigenvalue weighted by Crippen LogP contribution is -2.30. The average molecular weight is 346 g/mol. The highest BCUT2D eigenvalue weighted by molar-refractivity contribution is 5.94. The van der Waals surface area contributed by atoms with Gasteiger partial charge in [-0.1, -0.05) is 36.4 Å². The fourth-order valence-corrected chi connectivity index (χ4v) is 2.97. The van der Waals surface area contributed by atoms with Crippen molar-refractivity contribution < 1.29 is 14.3 Å². The number of fused-ring (bicyclic) bond motifs is 1. The van der Waals surface area contributed by atoms with Gasteiger partial charge in [0.25, 0.3) is 5.91 Å². The number of pyridine rings is 1. The van der Waals surface area contributed by atoms with Crippen molar-refractivity contribution in [2.75, 3.05) is 6.79 Å². The van der Waals surface area contributed by atoms with Crippen LogP contribution < -0.4 is 9.47 Å². The minimum absolute atomic E-state index is 0.0484. The minimum atomic E-state index is -0.0484. The number of amides is 1. The van der Waals surface area contributed by atoms with Crippen molar-refractivity contribution in [1.82, 2.24) is 9.88 Å². The first-order valence-electron chi connectivity index (χ1n) is 8.43. The van der Waals surface area contributed by atoms with Gasteiger partial charge in [0.05, 0.1) is 18.8 Å². The molecular weight excluding hydrogens is 328 g/mol. The number of para-hydroxylation sites is 1. The van der Waals surface area contributed by atoms with Gasteiger partial charge in [0.15, 0.2) is 11.5 Å². The molecule has 26 heavy (non-hydrogen) atoms. The van der Waals surface area contributed by atoms with Crippen molar-refractivity contribution in [3.8, 4) is 11.5 Å². The third-order valence-electron chi connectivity index (χ3n) is 4.23. The summed E-state index contributed by atoms with van der Waals surface area (Å²) in [7, 11) is 0. The predicted octanol–water partition coefficient (Wildman–Crippen LogP) is 3.65. The van der Waals surface area contributed by atoms with Gasteiger partial charge in [-0.25, -0.2) is 0 Å². The van der Waals surface area contributed by atoms with Gasteiger partial charge in [-0.15, -0.1) is 0 Å². The van der Waals surface area contributed by atoms with Crippen LogP contribution in [-0.2, 0) is 13.1 Å². The molecule has 1 aliphatic rings. The third-order valence-corrected chi connectivity index (χ3v) is 4.23. The molecule has 0 saturated heterocycles. The summed E-state index contributed by atoms with van der Waals surface area (Å²) in [5.74, 6) is 1.37. The van der Waals surface area contributed by atoms with Crippen molar-refractivity contribution in [3.05, 3.63) is 89.7 Å². The van der Waals surface area contributed by atoms with E-state index >= 15 is 0 Å². The summed E-state index contributed by atoms with van der Waals surface area (Å²) in [6.07, 6.45) is 1.73. The molecule has 130 valence electrons. The van der Waals surface area contributed by atoms with Crippen LogP contribution in [0.3, 0.4) is 0 Å². The number of benzene rings is 2. The maximum absolute atomic E-state index is 13.1. The Labute approximate surface area is 151 Å². The van der Waals surface area contributed by atoms with Crippen molar-refractivity contribution in [1.29, 1.82) is 0 Å². The Bertz CT molecular complexity index is 898. The molecule has 1 aliphatic heterocycles. The van der Waals surface area contributed by atoms with Crippen LogP contribution in [0.4, 0.5) is 0 Å². The van der Waals surface area contributed by atoms with Crippen LogP contribution >= 0.6 is 0 Å². The quantitative estimate of drug-likeness (QED) is 0.708. The highest BCUT2D eigenvalue weighted by Gasteiger charge is 2.22. The first-order chi connectivity index (χ1) is 12.8.